The molecule has 7 nitrogen and oxygen atoms in total. The van der Waals surface area contributed by atoms with E-state index in [9.17, 15) is 4.79 Å². The fourth-order valence-electron chi connectivity index (χ4n) is 5.50. The zero-order valence-electron chi connectivity index (χ0n) is 21.3. The highest BCUT2D eigenvalue weighted by atomic mass is 16.1. The van der Waals surface area contributed by atoms with E-state index in [0.717, 1.165) is 61.9 Å². The van der Waals surface area contributed by atoms with E-state index in [0.29, 0.717) is 11.9 Å². The molecular weight excluding hydrogens is 436 g/mol. The van der Waals surface area contributed by atoms with Gasteiger partial charge in [0, 0.05) is 42.7 Å². The van der Waals surface area contributed by atoms with Crippen molar-refractivity contribution in [1.82, 2.24) is 24.6 Å². The van der Waals surface area contributed by atoms with Crippen LogP contribution in [-0.2, 0) is 18.4 Å². The Morgan fingerprint density at radius 2 is 1.80 bits per heavy atom. The Labute approximate surface area is 208 Å². The van der Waals surface area contributed by atoms with E-state index < -0.39 is 0 Å². The maximum Gasteiger partial charge on any atom is 0.228 e. The molecule has 0 atom stereocenters. The van der Waals surface area contributed by atoms with Crippen molar-refractivity contribution >= 4 is 22.5 Å². The fourth-order valence-corrected chi connectivity index (χ4v) is 5.50. The first-order chi connectivity index (χ1) is 17.0. The van der Waals surface area contributed by atoms with Crippen molar-refractivity contribution in [3.05, 3.63) is 42.4 Å². The molecule has 7 heteroatoms. The molecule has 2 aromatic heterocycles. The van der Waals surface area contributed by atoms with Crippen LogP contribution in [0.3, 0.4) is 0 Å². The number of amides is 1. The molecule has 0 radical (unpaired) electrons. The third kappa shape index (κ3) is 5.41. The second kappa shape index (κ2) is 10.5. The first-order valence-corrected chi connectivity index (χ1v) is 13.2. The first-order valence-electron chi connectivity index (χ1n) is 13.2. The van der Waals surface area contributed by atoms with Gasteiger partial charge in [-0.05, 0) is 88.8 Å². The summed E-state index contributed by atoms with van der Waals surface area (Å²) < 4.78 is 2.01. The highest BCUT2D eigenvalue weighted by molar-refractivity contribution is 5.95. The van der Waals surface area contributed by atoms with Crippen LogP contribution < -0.4 is 5.32 Å². The van der Waals surface area contributed by atoms with E-state index in [4.69, 9.17) is 0 Å². The Balaban J connectivity index is 1.32. The molecule has 0 spiro atoms. The Hall–Kier alpha value is -2.77. The van der Waals surface area contributed by atoms with Crippen LogP contribution >= 0.6 is 0 Å². The summed E-state index contributed by atoms with van der Waals surface area (Å²) in [7, 11) is 2.03. The maximum atomic E-state index is 12.9. The molecule has 0 unspecified atom stereocenters. The van der Waals surface area contributed by atoms with Gasteiger partial charge in [-0.3, -0.25) is 14.4 Å². The number of aromatic nitrogens is 3. The molecule has 2 saturated heterocycles. The quantitative estimate of drug-likeness (QED) is 0.562. The van der Waals surface area contributed by atoms with Gasteiger partial charge in [0.05, 0.1) is 11.9 Å². The number of anilines is 1. The number of nitrogens with one attached hydrogen (secondary N) is 1. The minimum absolute atomic E-state index is 0.0570. The van der Waals surface area contributed by atoms with Crippen molar-refractivity contribution in [1.29, 1.82) is 0 Å². The Kier molecular flexibility index (Phi) is 7.16. The van der Waals surface area contributed by atoms with Gasteiger partial charge in [0.25, 0.3) is 0 Å². The summed E-state index contributed by atoms with van der Waals surface area (Å²) in [6.07, 6.45) is 9.54. The predicted octanol–water partition coefficient (Wildman–Crippen LogP) is 4.68. The van der Waals surface area contributed by atoms with Crippen molar-refractivity contribution < 1.29 is 4.79 Å². The number of carbonyl (C=O) groups is 1. The monoisotopic (exact) mass is 474 g/mol. The van der Waals surface area contributed by atoms with Crippen LogP contribution in [0.2, 0.25) is 0 Å². The number of hydrogen-bond acceptors (Lipinski definition) is 5. The van der Waals surface area contributed by atoms with E-state index in [-0.39, 0.29) is 11.8 Å². The largest absolute Gasteiger partial charge is 0.310 e. The number of fused-ring (bicyclic) bond motifs is 1. The van der Waals surface area contributed by atoms with Gasteiger partial charge in [0.1, 0.15) is 5.82 Å². The van der Waals surface area contributed by atoms with Crippen LogP contribution in [0.4, 0.5) is 5.82 Å². The molecule has 0 saturated carbocycles. The molecule has 4 heterocycles. The third-order valence-corrected chi connectivity index (χ3v) is 7.80. The predicted molar refractivity (Wildman–Crippen MR) is 141 cm³/mol. The number of likely N-dealkylation sites (tertiary alicyclic amines) is 2. The lowest BCUT2D eigenvalue weighted by atomic mass is 9.95. The van der Waals surface area contributed by atoms with Gasteiger partial charge >= 0.3 is 0 Å². The van der Waals surface area contributed by atoms with Gasteiger partial charge in [-0.15, -0.1) is 0 Å². The zero-order valence-corrected chi connectivity index (χ0v) is 21.3. The van der Waals surface area contributed by atoms with E-state index >= 15 is 0 Å². The van der Waals surface area contributed by atoms with Crippen LogP contribution in [-0.4, -0.2) is 62.7 Å². The Morgan fingerprint density at radius 3 is 2.54 bits per heavy atom. The van der Waals surface area contributed by atoms with Crippen LogP contribution in [0.1, 0.15) is 51.6 Å². The number of rotatable bonds is 6. The normalized spacial score (nSPS) is 18.4. The van der Waals surface area contributed by atoms with Crippen molar-refractivity contribution in [3.8, 4) is 11.1 Å². The van der Waals surface area contributed by atoms with Gasteiger partial charge in [-0.2, -0.15) is 5.10 Å². The minimum atomic E-state index is 0.0570. The van der Waals surface area contributed by atoms with Gasteiger partial charge in [0.2, 0.25) is 5.91 Å². The summed E-state index contributed by atoms with van der Waals surface area (Å²) in [4.78, 5) is 22.4. The molecule has 0 aliphatic carbocycles. The van der Waals surface area contributed by atoms with Crippen LogP contribution in [0.15, 0.2) is 36.7 Å². The molecule has 3 aromatic rings. The fraction of sp³-hybridized carbons (Fsp3) is 0.536. The molecule has 1 amide bonds. The van der Waals surface area contributed by atoms with Gasteiger partial charge in [-0.1, -0.05) is 18.6 Å². The molecule has 0 bridgehead atoms. The van der Waals surface area contributed by atoms with Crippen molar-refractivity contribution in [2.75, 3.05) is 31.5 Å². The Morgan fingerprint density at radius 1 is 1.03 bits per heavy atom. The number of hydrogen-bond donors (Lipinski definition) is 1. The van der Waals surface area contributed by atoms with Crippen molar-refractivity contribution in [2.45, 2.75) is 58.5 Å². The van der Waals surface area contributed by atoms with Crippen LogP contribution in [0.5, 0.6) is 0 Å². The lowest BCUT2D eigenvalue weighted by Crippen LogP contribution is -2.41. The minimum Gasteiger partial charge on any atom is -0.310 e. The number of benzene rings is 1. The lowest BCUT2D eigenvalue weighted by molar-refractivity contribution is -0.121. The second-order valence-electron chi connectivity index (χ2n) is 10.5. The number of nitrogens with zero attached hydrogens (tertiary/aromatic N) is 5. The maximum absolute atomic E-state index is 12.9. The van der Waals surface area contributed by atoms with Crippen LogP contribution in [0.25, 0.3) is 21.9 Å². The summed E-state index contributed by atoms with van der Waals surface area (Å²) in [6, 6.07) is 9.01. The molecule has 186 valence electrons. The molecular formula is C28H38N6O. The SMILES string of the molecule is CC(C)N1CCC(C(=O)Nc2cc3cc(-c4cnn(C)c4CN4CCCCC4)ccc3cn2)CC1. The molecule has 1 aromatic carbocycles. The Bertz CT molecular complexity index is 1170. The average Bonchev–Trinajstić information content (AvgIpc) is 3.24. The van der Waals surface area contributed by atoms with E-state index in [2.05, 4.69) is 57.2 Å². The van der Waals surface area contributed by atoms with Crippen LogP contribution in [0, 0.1) is 5.92 Å². The molecule has 2 aliphatic heterocycles. The standard InChI is InChI=1S/C28H38N6O/c1-20(2)34-13-9-21(10-14-34)28(35)31-27-16-24-15-22(7-8-23(24)17-29-27)25-18-30-32(3)26(25)19-33-11-5-4-6-12-33/h7-8,15-18,20-21H,4-6,9-14,19H2,1-3H3,(H,29,31,35). The van der Waals surface area contributed by atoms with Gasteiger partial charge in [-0.25, -0.2) is 4.98 Å². The van der Waals surface area contributed by atoms with Gasteiger partial charge < -0.3 is 10.2 Å². The number of piperidine rings is 2. The lowest BCUT2D eigenvalue weighted by Gasteiger charge is -2.33. The first kappa shape index (κ1) is 23.9. The second-order valence-corrected chi connectivity index (χ2v) is 10.5. The molecule has 35 heavy (non-hydrogen) atoms. The van der Waals surface area contributed by atoms with E-state index in [1.165, 1.54) is 30.5 Å². The summed E-state index contributed by atoms with van der Waals surface area (Å²) in [5.74, 6) is 0.778. The molecule has 2 fully saturated rings. The zero-order chi connectivity index (χ0) is 24.4. The third-order valence-electron chi connectivity index (χ3n) is 7.80. The van der Waals surface area contributed by atoms with Crippen molar-refractivity contribution in [2.24, 2.45) is 13.0 Å². The topological polar surface area (TPSA) is 66.3 Å². The number of pyridine rings is 1. The number of aryl methyl sites for hydroxylation is 1. The summed E-state index contributed by atoms with van der Waals surface area (Å²) in [6.45, 7) is 9.65. The molecule has 5 rings (SSSR count). The summed E-state index contributed by atoms with van der Waals surface area (Å²) >= 11 is 0. The van der Waals surface area contributed by atoms with Gasteiger partial charge in [0.15, 0.2) is 0 Å². The number of carbonyl (C=O) groups excluding carboxylic acids is 1. The van der Waals surface area contributed by atoms with E-state index in [1.54, 1.807) is 0 Å². The summed E-state index contributed by atoms with van der Waals surface area (Å²) in [5, 5.41) is 9.81. The van der Waals surface area contributed by atoms with Crippen molar-refractivity contribution in [3.63, 3.8) is 0 Å². The molecule has 1 N–H and O–H groups in total. The smallest absolute Gasteiger partial charge is 0.228 e. The highest BCUT2D eigenvalue weighted by Crippen LogP contribution is 2.29. The molecule has 2 aliphatic rings. The average molecular weight is 475 g/mol. The summed E-state index contributed by atoms with van der Waals surface area (Å²) in [5.41, 5.74) is 3.59. The highest BCUT2D eigenvalue weighted by Gasteiger charge is 2.26. The van der Waals surface area contributed by atoms with E-state index in [1.807, 2.05) is 30.2 Å².